The predicted molar refractivity (Wildman–Crippen MR) is 72.7 cm³/mol. The van der Waals surface area contributed by atoms with Gasteiger partial charge in [-0.25, -0.2) is 9.97 Å². The Balaban J connectivity index is 1.86. The maximum Gasteiger partial charge on any atom is 0.138 e. The second kappa shape index (κ2) is 4.26. The van der Waals surface area contributed by atoms with E-state index in [1.165, 1.54) is 30.2 Å². The summed E-state index contributed by atoms with van der Waals surface area (Å²) >= 11 is 1.70. The van der Waals surface area contributed by atoms with Crippen LogP contribution in [0, 0.1) is 19.8 Å². The molecule has 0 aromatic carbocycles. The molecule has 1 N–H and O–H groups in total. The molecule has 4 heteroatoms. The molecule has 3 rings (SSSR count). The first-order valence-electron chi connectivity index (χ1n) is 6.20. The molecule has 0 spiro atoms. The van der Waals surface area contributed by atoms with E-state index < -0.39 is 0 Å². The van der Waals surface area contributed by atoms with Crippen molar-refractivity contribution in [3.8, 4) is 0 Å². The van der Waals surface area contributed by atoms with Crippen molar-refractivity contribution in [1.82, 2.24) is 9.97 Å². The first kappa shape index (κ1) is 11.0. The normalized spacial score (nSPS) is 15.4. The van der Waals surface area contributed by atoms with Gasteiger partial charge in [0.25, 0.3) is 0 Å². The highest BCUT2D eigenvalue weighted by molar-refractivity contribution is 7.17. The van der Waals surface area contributed by atoms with Gasteiger partial charge in [0.2, 0.25) is 0 Å². The maximum atomic E-state index is 4.54. The summed E-state index contributed by atoms with van der Waals surface area (Å²) < 4.78 is 0. The Bertz CT molecular complexity index is 543. The number of hydrogen-bond donors (Lipinski definition) is 1. The van der Waals surface area contributed by atoms with Crippen molar-refractivity contribution >= 4 is 27.4 Å². The quantitative estimate of drug-likeness (QED) is 0.898. The molecule has 1 saturated carbocycles. The van der Waals surface area contributed by atoms with Crippen LogP contribution in [0.15, 0.2) is 5.38 Å². The molecule has 1 aliphatic carbocycles. The lowest BCUT2D eigenvalue weighted by molar-refractivity contribution is 0.758. The smallest absolute Gasteiger partial charge is 0.138 e. The molecule has 0 radical (unpaired) electrons. The summed E-state index contributed by atoms with van der Waals surface area (Å²) in [4.78, 5) is 10.1. The molecule has 90 valence electrons. The van der Waals surface area contributed by atoms with Gasteiger partial charge in [-0.2, -0.15) is 0 Å². The number of nitrogens with one attached hydrogen (secondary N) is 1. The lowest BCUT2D eigenvalue weighted by Gasteiger charge is -2.07. The largest absolute Gasteiger partial charge is 0.369 e. The van der Waals surface area contributed by atoms with Crippen molar-refractivity contribution in [3.63, 3.8) is 0 Å². The van der Waals surface area contributed by atoms with Crippen LogP contribution >= 0.6 is 11.3 Å². The van der Waals surface area contributed by atoms with Gasteiger partial charge in [-0.3, -0.25) is 0 Å². The van der Waals surface area contributed by atoms with Gasteiger partial charge in [0.05, 0.1) is 5.39 Å². The van der Waals surface area contributed by atoms with Crippen LogP contribution in [0.1, 0.15) is 30.7 Å². The van der Waals surface area contributed by atoms with Crippen LogP contribution in [0.5, 0.6) is 0 Å². The Morgan fingerprint density at radius 3 is 2.94 bits per heavy atom. The van der Waals surface area contributed by atoms with E-state index in [9.17, 15) is 0 Å². The van der Waals surface area contributed by atoms with E-state index in [4.69, 9.17) is 0 Å². The molecule has 2 aromatic rings. The average molecular weight is 247 g/mol. The van der Waals surface area contributed by atoms with Gasteiger partial charge in [0.1, 0.15) is 16.5 Å². The minimum Gasteiger partial charge on any atom is -0.369 e. The van der Waals surface area contributed by atoms with E-state index in [0.29, 0.717) is 0 Å². The first-order valence-corrected chi connectivity index (χ1v) is 7.08. The zero-order chi connectivity index (χ0) is 11.8. The highest BCUT2D eigenvalue weighted by atomic mass is 32.1. The van der Waals surface area contributed by atoms with Gasteiger partial charge >= 0.3 is 0 Å². The molecule has 1 fully saturated rings. The minimum atomic E-state index is 0.855. The number of hydrogen-bond acceptors (Lipinski definition) is 4. The predicted octanol–water partition coefficient (Wildman–Crippen LogP) is 3.52. The van der Waals surface area contributed by atoms with Gasteiger partial charge in [0, 0.05) is 6.54 Å². The first-order chi connectivity index (χ1) is 8.24. The maximum absolute atomic E-state index is 4.54. The second-order valence-corrected chi connectivity index (χ2v) is 5.74. The van der Waals surface area contributed by atoms with Crippen LogP contribution in [-0.2, 0) is 0 Å². The Morgan fingerprint density at radius 1 is 1.35 bits per heavy atom. The third-order valence-corrected chi connectivity index (χ3v) is 4.26. The standard InChI is InChI=1S/C13H17N3S/c1-8-7-17-13-11(8)12(15-9(2)16-13)14-6-5-10-3-4-10/h7,10H,3-6H2,1-2H3,(H,14,15,16). The highest BCUT2D eigenvalue weighted by Crippen LogP contribution is 2.33. The summed E-state index contributed by atoms with van der Waals surface area (Å²) in [6, 6.07) is 0. The second-order valence-electron chi connectivity index (χ2n) is 4.88. The molecule has 0 saturated heterocycles. The van der Waals surface area contributed by atoms with Gasteiger partial charge in [-0.05, 0) is 37.1 Å². The van der Waals surface area contributed by atoms with Crippen LogP contribution in [0.25, 0.3) is 10.2 Å². The van der Waals surface area contributed by atoms with E-state index in [2.05, 4.69) is 27.6 Å². The molecular formula is C13H17N3S. The molecule has 1 aliphatic rings. The summed E-state index contributed by atoms with van der Waals surface area (Å²) in [5, 5.41) is 6.84. The van der Waals surface area contributed by atoms with E-state index in [0.717, 1.165) is 28.9 Å². The number of fused-ring (bicyclic) bond motifs is 1. The molecule has 0 bridgehead atoms. The van der Waals surface area contributed by atoms with Crippen molar-refractivity contribution in [1.29, 1.82) is 0 Å². The SMILES string of the molecule is Cc1nc(NCCC2CC2)c2c(C)csc2n1. The third kappa shape index (κ3) is 2.27. The topological polar surface area (TPSA) is 37.8 Å². The van der Waals surface area contributed by atoms with Crippen LogP contribution in [0.3, 0.4) is 0 Å². The number of rotatable bonds is 4. The summed E-state index contributed by atoms with van der Waals surface area (Å²) in [6.07, 6.45) is 4.10. The van der Waals surface area contributed by atoms with Crippen LogP contribution < -0.4 is 5.32 Å². The Kier molecular flexibility index (Phi) is 2.74. The fourth-order valence-electron chi connectivity index (χ4n) is 2.12. The molecule has 3 nitrogen and oxygen atoms in total. The van der Waals surface area contributed by atoms with Crippen molar-refractivity contribution < 1.29 is 0 Å². The number of aromatic nitrogens is 2. The van der Waals surface area contributed by atoms with Crippen molar-refractivity contribution in [2.24, 2.45) is 5.92 Å². The lowest BCUT2D eigenvalue weighted by atomic mass is 10.2. The van der Waals surface area contributed by atoms with Crippen molar-refractivity contribution in [3.05, 3.63) is 16.8 Å². The number of thiophene rings is 1. The van der Waals surface area contributed by atoms with Gasteiger partial charge in [-0.15, -0.1) is 11.3 Å². The van der Waals surface area contributed by atoms with E-state index >= 15 is 0 Å². The van der Waals surface area contributed by atoms with Crippen LogP contribution in [-0.4, -0.2) is 16.5 Å². The summed E-state index contributed by atoms with van der Waals surface area (Å²) in [7, 11) is 0. The number of anilines is 1. The highest BCUT2D eigenvalue weighted by Gasteiger charge is 2.20. The lowest BCUT2D eigenvalue weighted by Crippen LogP contribution is -2.06. The molecule has 2 aromatic heterocycles. The summed E-state index contributed by atoms with van der Waals surface area (Å²) in [5.74, 6) is 2.84. The monoisotopic (exact) mass is 247 g/mol. The number of nitrogens with zero attached hydrogens (tertiary/aromatic N) is 2. The van der Waals surface area contributed by atoms with Gasteiger partial charge in [0.15, 0.2) is 0 Å². The Labute approximate surface area is 105 Å². The molecule has 2 heterocycles. The molecule has 0 aliphatic heterocycles. The minimum absolute atomic E-state index is 0.855. The zero-order valence-electron chi connectivity index (χ0n) is 10.3. The average Bonchev–Trinajstić information content (AvgIpc) is 3.03. The Morgan fingerprint density at radius 2 is 2.18 bits per heavy atom. The molecule has 0 unspecified atom stereocenters. The summed E-state index contributed by atoms with van der Waals surface area (Å²) in [6.45, 7) is 5.12. The van der Waals surface area contributed by atoms with E-state index in [1.807, 2.05) is 6.92 Å². The number of aryl methyl sites for hydroxylation is 2. The van der Waals surface area contributed by atoms with Crippen molar-refractivity contribution in [2.75, 3.05) is 11.9 Å². The zero-order valence-corrected chi connectivity index (χ0v) is 11.1. The van der Waals surface area contributed by atoms with Gasteiger partial charge in [-0.1, -0.05) is 12.8 Å². The van der Waals surface area contributed by atoms with Gasteiger partial charge < -0.3 is 5.32 Å². The fraction of sp³-hybridized carbons (Fsp3) is 0.538. The molecule has 17 heavy (non-hydrogen) atoms. The molecular weight excluding hydrogens is 230 g/mol. The molecule has 0 atom stereocenters. The summed E-state index contributed by atoms with van der Waals surface area (Å²) in [5.41, 5.74) is 1.28. The fourth-order valence-corrected chi connectivity index (χ4v) is 3.09. The van der Waals surface area contributed by atoms with Crippen LogP contribution in [0.2, 0.25) is 0 Å². The Hall–Kier alpha value is -1.16. The molecule has 0 amide bonds. The van der Waals surface area contributed by atoms with Crippen molar-refractivity contribution in [2.45, 2.75) is 33.1 Å². The van der Waals surface area contributed by atoms with E-state index in [1.54, 1.807) is 11.3 Å². The van der Waals surface area contributed by atoms with Crippen LogP contribution in [0.4, 0.5) is 5.82 Å². The van der Waals surface area contributed by atoms with E-state index in [-0.39, 0.29) is 0 Å². The third-order valence-electron chi connectivity index (χ3n) is 3.27.